The van der Waals surface area contributed by atoms with E-state index in [1.165, 1.54) is 32.1 Å². The number of carbonyl (C=O) groups is 1. The summed E-state index contributed by atoms with van der Waals surface area (Å²) in [5.74, 6) is -0.375. The van der Waals surface area contributed by atoms with Crippen LogP contribution in [0.1, 0.15) is 54.4 Å². The molecule has 2 aliphatic rings. The lowest BCUT2D eigenvalue weighted by Crippen LogP contribution is -2.55. The summed E-state index contributed by atoms with van der Waals surface area (Å²) in [6.07, 6.45) is 6.93. The molecule has 4 rings (SSSR count). The van der Waals surface area contributed by atoms with E-state index < -0.39 is 11.5 Å². The molecule has 1 saturated heterocycles. The lowest BCUT2D eigenvalue weighted by Gasteiger charge is -2.47. The third-order valence-corrected chi connectivity index (χ3v) is 6.51. The van der Waals surface area contributed by atoms with Crippen molar-refractivity contribution < 1.29 is 9.90 Å². The second kappa shape index (κ2) is 7.95. The highest BCUT2D eigenvalue weighted by molar-refractivity contribution is 5.99. The lowest BCUT2D eigenvalue weighted by molar-refractivity contribution is -0.0749. The first kappa shape index (κ1) is 18.4. The highest BCUT2D eigenvalue weighted by atomic mass is 16.3. The van der Waals surface area contributed by atoms with Crippen molar-refractivity contribution in [3.05, 3.63) is 71.8 Å². The van der Waals surface area contributed by atoms with Crippen LogP contribution in [-0.2, 0) is 5.60 Å². The molecule has 1 heterocycles. The number of piperidine rings is 1. The van der Waals surface area contributed by atoms with Crippen LogP contribution in [0, 0.1) is 5.92 Å². The van der Waals surface area contributed by atoms with E-state index in [-0.39, 0.29) is 5.78 Å². The maximum Gasteiger partial charge on any atom is 0.170 e. The molecule has 0 unspecified atom stereocenters. The minimum atomic E-state index is -1.10. The Labute approximate surface area is 162 Å². The van der Waals surface area contributed by atoms with Crippen LogP contribution in [0.3, 0.4) is 0 Å². The number of aliphatic hydroxyl groups is 1. The van der Waals surface area contributed by atoms with Crippen molar-refractivity contribution >= 4 is 5.78 Å². The number of rotatable bonds is 4. The van der Waals surface area contributed by atoms with E-state index in [1.807, 2.05) is 60.7 Å². The number of nitrogens with zero attached hydrogens (tertiary/aromatic N) is 1. The molecular formula is C24H29NO2. The van der Waals surface area contributed by atoms with Crippen molar-refractivity contribution in [2.75, 3.05) is 13.1 Å². The topological polar surface area (TPSA) is 40.5 Å². The van der Waals surface area contributed by atoms with Crippen LogP contribution in [0.5, 0.6) is 0 Å². The number of likely N-dealkylation sites (tertiary alicyclic amines) is 1. The lowest BCUT2D eigenvalue weighted by atomic mass is 9.72. The number of hydrogen-bond donors (Lipinski definition) is 1. The monoisotopic (exact) mass is 363 g/mol. The Hall–Kier alpha value is -1.97. The van der Waals surface area contributed by atoms with Gasteiger partial charge in [0.05, 0.1) is 5.92 Å². The van der Waals surface area contributed by atoms with Gasteiger partial charge in [-0.1, -0.05) is 79.9 Å². The normalized spacial score (nSPS) is 27.4. The summed E-state index contributed by atoms with van der Waals surface area (Å²) in [4.78, 5) is 15.9. The molecule has 142 valence electrons. The largest absolute Gasteiger partial charge is 0.384 e. The van der Waals surface area contributed by atoms with Gasteiger partial charge in [0.25, 0.3) is 0 Å². The summed E-state index contributed by atoms with van der Waals surface area (Å²) < 4.78 is 0. The fraction of sp³-hybridized carbons (Fsp3) is 0.458. The molecule has 27 heavy (non-hydrogen) atoms. The minimum absolute atomic E-state index is 0.0578. The van der Waals surface area contributed by atoms with Gasteiger partial charge in [0.15, 0.2) is 5.78 Å². The van der Waals surface area contributed by atoms with Crippen LogP contribution in [-0.4, -0.2) is 34.9 Å². The number of carbonyl (C=O) groups excluding carboxylic acids is 1. The predicted octanol–water partition coefficient (Wildman–Crippen LogP) is 4.41. The average molecular weight is 364 g/mol. The average Bonchev–Trinajstić information content (AvgIpc) is 2.75. The van der Waals surface area contributed by atoms with Gasteiger partial charge in [0.1, 0.15) is 5.60 Å². The standard InChI is InChI=1S/C24H29NO2/c26-23(19-10-4-1-5-11-19)22-18-25(21-14-8-3-9-15-21)17-16-24(22,27)20-12-6-2-7-13-20/h1-2,4-7,10-13,21-22,27H,3,8-9,14-18H2/t22-,24+/m1/s1. The fourth-order valence-electron chi connectivity index (χ4n) is 4.92. The van der Waals surface area contributed by atoms with Crippen molar-refractivity contribution in [3.8, 4) is 0 Å². The Bertz CT molecular complexity index is 754. The third kappa shape index (κ3) is 3.71. The minimum Gasteiger partial charge on any atom is -0.384 e. The smallest absolute Gasteiger partial charge is 0.170 e. The highest BCUT2D eigenvalue weighted by Gasteiger charge is 2.47. The molecule has 1 N–H and O–H groups in total. The zero-order valence-electron chi connectivity index (χ0n) is 15.9. The van der Waals surface area contributed by atoms with E-state index in [0.717, 1.165) is 12.1 Å². The second-order valence-corrected chi connectivity index (χ2v) is 8.11. The number of hydrogen-bond acceptors (Lipinski definition) is 3. The summed E-state index contributed by atoms with van der Waals surface area (Å²) in [6.45, 7) is 1.50. The predicted molar refractivity (Wildman–Crippen MR) is 108 cm³/mol. The van der Waals surface area contributed by atoms with Crippen LogP contribution in [0.2, 0.25) is 0 Å². The molecule has 1 aliphatic carbocycles. The van der Waals surface area contributed by atoms with Crippen molar-refractivity contribution in [2.45, 2.75) is 50.2 Å². The van der Waals surface area contributed by atoms with Crippen LogP contribution < -0.4 is 0 Å². The van der Waals surface area contributed by atoms with E-state index in [4.69, 9.17) is 0 Å². The van der Waals surface area contributed by atoms with Gasteiger partial charge in [-0.2, -0.15) is 0 Å². The fourth-order valence-corrected chi connectivity index (χ4v) is 4.92. The molecule has 1 aliphatic heterocycles. The molecule has 1 saturated carbocycles. The molecule has 0 radical (unpaired) electrons. The molecule has 0 aromatic heterocycles. The summed E-state index contributed by atoms with van der Waals surface area (Å²) in [5.41, 5.74) is 0.462. The molecule has 0 bridgehead atoms. The first-order valence-corrected chi connectivity index (χ1v) is 10.3. The van der Waals surface area contributed by atoms with Gasteiger partial charge in [0.2, 0.25) is 0 Å². The number of Topliss-reactive ketones (excluding diaryl/α,β-unsaturated/α-hetero) is 1. The van der Waals surface area contributed by atoms with Gasteiger partial charge in [-0.25, -0.2) is 0 Å². The molecule has 2 aromatic carbocycles. The van der Waals surface area contributed by atoms with Crippen molar-refractivity contribution in [2.24, 2.45) is 5.92 Å². The molecule has 0 spiro atoms. The van der Waals surface area contributed by atoms with E-state index in [0.29, 0.717) is 24.6 Å². The van der Waals surface area contributed by atoms with Crippen molar-refractivity contribution in [3.63, 3.8) is 0 Å². The van der Waals surface area contributed by atoms with Gasteiger partial charge in [-0.3, -0.25) is 9.69 Å². The summed E-state index contributed by atoms with van der Waals surface area (Å²) in [5, 5.41) is 11.7. The van der Waals surface area contributed by atoms with E-state index in [2.05, 4.69) is 4.90 Å². The Kier molecular flexibility index (Phi) is 5.42. The molecule has 2 fully saturated rings. The van der Waals surface area contributed by atoms with E-state index in [9.17, 15) is 9.90 Å². The van der Waals surface area contributed by atoms with Gasteiger partial charge < -0.3 is 5.11 Å². The maximum atomic E-state index is 13.4. The molecule has 2 aromatic rings. The molecular weight excluding hydrogens is 334 g/mol. The summed E-state index contributed by atoms with van der Waals surface area (Å²) >= 11 is 0. The van der Waals surface area contributed by atoms with Gasteiger partial charge >= 0.3 is 0 Å². The van der Waals surface area contributed by atoms with Crippen LogP contribution in [0.25, 0.3) is 0 Å². The Morgan fingerprint density at radius 1 is 0.926 bits per heavy atom. The van der Waals surface area contributed by atoms with Crippen molar-refractivity contribution in [1.82, 2.24) is 4.90 Å². The maximum absolute atomic E-state index is 13.4. The Balaban J connectivity index is 1.66. The number of ketones is 1. The molecule has 3 nitrogen and oxygen atoms in total. The quantitative estimate of drug-likeness (QED) is 0.818. The first-order valence-electron chi connectivity index (χ1n) is 10.3. The van der Waals surface area contributed by atoms with Gasteiger partial charge in [-0.15, -0.1) is 0 Å². The Morgan fingerprint density at radius 3 is 2.22 bits per heavy atom. The first-order chi connectivity index (χ1) is 13.2. The number of benzene rings is 2. The van der Waals surface area contributed by atoms with E-state index >= 15 is 0 Å². The molecule has 2 atom stereocenters. The van der Waals surface area contributed by atoms with Gasteiger partial charge in [0, 0.05) is 24.7 Å². The highest BCUT2D eigenvalue weighted by Crippen LogP contribution is 2.41. The summed E-state index contributed by atoms with van der Waals surface area (Å²) in [7, 11) is 0. The molecule has 0 amide bonds. The van der Waals surface area contributed by atoms with Gasteiger partial charge in [-0.05, 0) is 24.8 Å². The third-order valence-electron chi connectivity index (χ3n) is 6.51. The van der Waals surface area contributed by atoms with Crippen LogP contribution in [0.15, 0.2) is 60.7 Å². The van der Waals surface area contributed by atoms with Crippen LogP contribution >= 0.6 is 0 Å². The second-order valence-electron chi connectivity index (χ2n) is 8.11. The Morgan fingerprint density at radius 2 is 1.56 bits per heavy atom. The summed E-state index contributed by atoms with van der Waals surface area (Å²) in [6, 6.07) is 19.8. The SMILES string of the molecule is O=C(c1ccccc1)[C@H]1CN(C2CCCCC2)CC[C@]1(O)c1ccccc1. The molecule has 3 heteroatoms. The zero-order chi connectivity index (χ0) is 18.7. The van der Waals surface area contributed by atoms with E-state index in [1.54, 1.807) is 0 Å². The zero-order valence-corrected chi connectivity index (χ0v) is 15.9. The van der Waals surface area contributed by atoms with Crippen LogP contribution in [0.4, 0.5) is 0 Å². The van der Waals surface area contributed by atoms with Crippen molar-refractivity contribution in [1.29, 1.82) is 0 Å².